The Morgan fingerprint density at radius 3 is 2.47 bits per heavy atom. The maximum absolute atomic E-state index is 12.2. The zero-order valence-corrected chi connectivity index (χ0v) is 12.3. The number of aromatic nitrogens is 3. The Hall–Kier alpha value is -1.69. The topological polar surface area (TPSA) is 59.8 Å². The lowest BCUT2D eigenvalue weighted by atomic mass is 10.0. The van der Waals surface area contributed by atoms with E-state index in [-0.39, 0.29) is 11.2 Å². The second-order valence-corrected chi connectivity index (χ2v) is 5.58. The molecule has 0 amide bonds. The highest BCUT2D eigenvalue weighted by atomic mass is 32.1. The fraction of sp³-hybridized carbons (Fsp3) is 0.462. The van der Waals surface area contributed by atoms with Crippen LogP contribution in [0.15, 0.2) is 15.8 Å². The van der Waals surface area contributed by atoms with Crippen molar-refractivity contribution in [3.05, 3.63) is 37.1 Å². The van der Waals surface area contributed by atoms with Crippen LogP contribution >= 0.6 is 12.2 Å². The third-order valence-corrected chi connectivity index (χ3v) is 3.66. The Morgan fingerprint density at radius 1 is 1.26 bits per heavy atom. The van der Waals surface area contributed by atoms with Crippen molar-refractivity contribution in [2.45, 2.75) is 20.3 Å². The Kier molecular flexibility index (Phi) is 3.45. The Morgan fingerprint density at radius 2 is 1.89 bits per heavy atom. The summed E-state index contributed by atoms with van der Waals surface area (Å²) in [5.41, 5.74) is 0.712. The van der Waals surface area contributed by atoms with Crippen molar-refractivity contribution in [2.75, 3.05) is 0 Å². The van der Waals surface area contributed by atoms with Crippen LogP contribution in [0.2, 0.25) is 0 Å². The van der Waals surface area contributed by atoms with Gasteiger partial charge in [-0.2, -0.15) is 0 Å². The second kappa shape index (κ2) is 4.77. The van der Waals surface area contributed by atoms with Gasteiger partial charge in [-0.05, 0) is 17.9 Å². The number of aryl methyl sites for hydroxylation is 1. The minimum Gasteiger partial charge on any atom is -0.347 e. The molecule has 0 spiro atoms. The Bertz CT molecular complexity index is 811. The van der Waals surface area contributed by atoms with Gasteiger partial charge in [-0.15, -0.1) is 0 Å². The van der Waals surface area contributed by atoms with Crippen LogP contribution in [-0.2, 0) is 20.5 Å². The molecular weight excluding hydrogens is 262 g/mol. The zero-order chi connectivity index (χ0) is 14.3. The van der Waals surface area contributed by atoms with Crippen molar-refractivity contribution in [3.63, 3.8) is 0 Å². The molecule has 1 N–H and O–H groups in total. The number of rotatable bonds is 2. The second-order valence-electron chi connectivity index (χ2n) is 5.17. The molecule has 2 aromatic heterocycles. The summed E-state index contributed by atoms with van der Waals surface area (Å²) in [6.45, 7) is 4.19. The van der Waals surface area contributed by atoms with Crippen LogP contribution in [0.1, 0.15) is 19.4 Å². The molecule has 19 heavy (non-hydrogen) atoms. The lowest BCUT2D eigenvalue weighted by molar-refractivity contribution is 0.644. The van der Waals surface area contributed by atoms with Gasteiger partial charge in [0.15, 0.2) is 0 Å². The van der Waals surface area contributed by atoms with E-state index < -0.39 is 0 Å². The summed E-state index contributed by atoms with van der Waals surface area (Å²) >= 11 is 5.41. The summed E-state index contributed by atoms with van der Waals surface area (Å²) in [7, 11) is 3.09. The molecule has 0 unspecified atom stereocenters. The molecule has 6 heteroatoms. The Balaban J connectivity index is 2.95. The molecule has 2 rings (SSSR count). The third kappa shape index (κ3) is 2.16. The van der Waals surface area contributed by atoms with Crippen LogP contribution in [0.4, 0.5) is 0 Å². The van der Waals surface area contributed by atoms with E-state index in [0.29, 0.717) is 21.5 Å². The number of hydrogen-bond donors (Lipinski definition) is 1. The summed E-state index contributed by atoms with van der Waals surface area (Å²) in [5.74, 6) is 0.448. The molecule has 0 aromatic carbocycles. The standard InChI is InChI=1S/C13H17N3O2S/c1-7(2)5-8-6-14-11-9(10(8)19)12(17)16(4)13(18)15(11)3/h6-7H,5H2,1-4H3,(H,14,19). The van der Waals surface area contributed by atoms with Crippen LogP contribution in [-0.4, -0.2) is 14.1 Å². The lowest BCUT2D eigenvalue weighted by Gasteiger charge is -2.10. The van der Waals surface area contributed by atoms with Gasteiger partial charge in [0.25, 0.3) is 5.56 Å². The molecule has 102 valence electrons. The number of aromatic amines is 1. The number of nitrogens with one attached hydrogen (secondary N) is 1. The van der Waals surface area contributed by atoms with Crippen LogP contribution in [0.5, 0.6) is 0 Å². The molecule has 0 saturated carbocycles. The molecule has 2 heterocycles. The van der Waals surface area contributed by atoms with Gasteiger partial charge in [-0.1, -0.05) is 26.1 Å². The highest BCUT2D eigenvalue weighted by Gasteiger charge is 2.12. The van der Waals surface area contributed by atoms with Gasteiger partial charge in [0.05, 0.1) is 9.90 Å². The molecule has 0 atom stereocenters. The van der Waals surface area contributed by atoms with E-state index in [9.17, 15) is 9.59 Å². The predicted molar refractivity (Wildman–Crippen MR) is 78.2 cm³/mol. The molecule has 0 bridgehead atoms. The molecule has 0 radical (unpaired) electrons. The van der Waals surface area contributed by atoms with Crippen LogP contribution < -0.4 is 11.2 Å². The number of pyridine rings is 1. The Labute approximate surface area is 115 Å². The highest BCUT2D eigenvalue weighted by molar-refractivity contribution is 7.71. The summed E-state index contributed by atoms with van der Waals surface area (Å²) in [6, 6.07) is 0. The molecule has 0 saturated heterocycles. The first-order chi connectivity index (χ1) is 8.84. The molecule has 5 nitrogen and oxygen atoms in total. The van der Waals surface area contributed by atoms with Crippen LogP contribution in [0, 0.1) is 10.4 Å². The van der Waals surface area contributed by atoms with Crippen LogP contribution in [0.3, 0.4) is 0 Å². The number of nitrogens with zero attached hydrogens (tertiary/aromatic N) is 2. The smallest absolute Gasteiger partial charge is 0.332 e. The molecule has 0 fully saturated rings. The average molecular weight is 279 g/mol. The number of hydrogen-bond acceptors (Lipinski definition) is 3. The van der Waals surface area contributed by atoms with Gasteiger partial charge in [0.2, 0.25) is 0 Å². The van der Waals surface area contributed by atoms with Gasteiger partial charge >= 0.3 is 5.69 Å². The van der Waals surface area contributed by atoms with E-state index in [0.717, 1.165) is 16.6 Å². The van der Waals surface area contributed by atoms with E-state index >= 15 is 0 Å². The van der Waals surface area contributed by atoms with Crippen LogP contribution in [0.25, 0.3) is 11.0 Å². The van der Waals surface area contributed by atoms with E-state index in [4.69, 9.17) is 12.2 Å². The first kappa shape index (κ1) is 13.7. The van der Waals surface area contributed by atoms with Crippen molar-refractivity contribution in [3.8, 4) is 0 Å². The molecular formula is C13H17N3O2S. The van der Waals surface area contributed by atoms with Crippen molar-refractivity contribution in [2.24, 2.45) is 20.0 Å². The van der Waals surface area contributed by atoms with Crippen molar-refractivity contribution in [1.82, 2.24) is 14.1 Å². The minimum absolute atomic E-state index is 0.343. The average Bonchev–Trinajstić information content (AvgIpc) is 2.35. The largest absolute Gasteiger partial charge is 0.347 e. The number of H-pyrrole nitrogens is 1. The fourth-order valence-electron chi connectivity index (χ4n) is 2.19. The first-order valence-electron chi connectivity index (χ1n) is 6.15. The molecule has 0 aliphatic carbocycles. The molecule has 0 aliphatic rings. The summed E-state index contributed by atoms with van der Waals surface area (Å²) in [5, 5.41) is 0.415. The van der Waals surface area contributed by atoms with Crippen molar-refractivity contribution >= 4 is 23.3 Å². The lowest BCUT2D eigenvalue weighted by Crippen LogP contribution is -2.37. The maximum Gasteiger partial charge on any atom is 0.332 e. The summed E-state index contributed by atoms with van der Waals surface area (Å²) in [4.78, 5) is 27.1. The van der Waals surface area contributed by atoms with Gasteiger partial charge in [-0.3, -0.25) is 13.9 Å². The van der Waals surface area contributed by atoms with Crippen molar-refractivity contribution in [1.29, 1.82) is 0 Å². The third-order valence-electron chi connectivity index (χ3n) is 3.19. The van der Waals surface area contributed by atoms with E-state index in [1.807, 2.05) is 0 Å². The van der Waals surface area contributed by atoms with Crippen molar-refractivity contribution < 1.29 is 0 Å². The normalized spacial score (nSPS) is 11.4. The van der Waals surface area contributed by atoms with Gasteiger partial charge in [-0.25, -0.2) is 4.79 Å². The van der Waals surface area contributed by atoms with Gasteiger partial charge in [0.1, 0.15) is 5.65 Å². The van der Waals surface area contributed by atoms with E-state index in [1.54, 1.807) is 13.2 Å². The minimum atomic E-state index is -0.361. The SMILES string of the molecule is CC(C)Cc1c[nH]c2c(c1=S)c(=O)n(C)c(=O)n2C. The number of fused-ring (bicyclic) bond motifs is 1. The monoisotopic (exact) mass is 279 g/mol. The van der Waals surface area contributed by atoms with Gasteiger partial charge < -0.3 is 4.98 Å². The quantitative estimate of drug-likeness (QED) is 0.847. The first-order valence-corrected chi connectivity index (χ1v) is 6.55. The summed E-state index contributed by atoms with van der Waals surface area (Å²) in [6.07, 6.45) is 2.60. The fourth-order valence-corrected chi connectivity index (χ4v) is 2.52. The summed E-state index contributed by atoms with van der Waals surface area (Å²) < 4.78 is 3.04. The zero-order valence-electron chi connectivity index (χ0n) is 11.5. The van der Waals surface area contributed by atoms with E-state index in [2.05, 4.69) is 18.8 Å². The molecule has 0 aliphatic heterocycles. The maximum atomic E-state index is 12.2. The molecule has 2 aromatic rings. The predicted octanol–water partition coefficient (Wildman–Crippen LogP) is 1.49. The van der Waals surface area contributed by atoms with Gasteiger partial charge in [0, 0.05) is 20.3 Å². The van der Waals surface area contributed by atoms with E-state index in [1.165, 1.54) is 11.6 Å². The highest BCUT2D eigenvalue weighted by Crippen LogP contribution is 2.14.